The fourth-order valence-electron chi connectivity index (χ4n) is 2.61. The highest BCUT2D eigenvalue weighted by Crippen LogP contribution is 2.33. The number of benzene rings is 1. The van der Waals surface area contributed by atoms with E-state index in [1.54, 1.807) is 0 Å². The lowest BCUT2D eigenvalue weighted by Gasteiger charge is -2.23. The Morgan fingerprint density at radius 1 is 1.20 bits per heavy atom. The molecule has 2 nitrogen and oxygen atoms in total. The first-order chi connectivity index (χ1) is 9.26. The third kappa shape index (κ3) is 3.98. The number of nitrogens with zero attached hydrogens (tertiary/aromatic N) is 1. The molecular weight excluding hydrogens is 312 g/mol. The van der Waals surface area contributed by atoms with E-state index in [0.29, 0.717) is 0 Å². The maximum absolute atomic E-state index is 3.75. The topological polar surface area (TPSA) is 15.3 Å². The smallest absolute Gasteiger partial charge is 0.0511 e. The van der Waals surface area contributed by atoms with Crippen molar-refractivity contribution < 1.29 is 0 Å². The van der Waals surface area contributed by atoms with Crippen LogP contribution in [-0.4, -0.2) is 18.6 Å². The molecule has 1 saturated heterocycles. The van der Waals surface area contributed by atoms with Crippen LogP contribution in [0, 0.1) is 11.8 Å². The van der Waals surface area contributed by atoms with E-state index in [1.165, 1.54) is 28.8 Å². The van der Waals surface area contributed by atoms with Crippen molar-refractivity contribution in [1.29, 1.82) is 0 Å². The molecule has 0 aromatic heterocycles. The summed E-state index contributed by atoms with van der Waals surface area (Å²) in [5.41, 5.74) is 2.82. The maximum atomic E-state index is 3.75. The largest absolute Gasteiger partial charge is 0.370 e. The Morgan fingerprint density at radius 3 is 2.30 bits per heavy atom. The quantitative estimate of drug-likeness (QED) is 0.876. The summed E-state index contributed by atoms with van der Waals surface area (Å²) in [7, 11) is 0. The highest BCUT2D eigenvalue weighted by atomic mass is 79.9. The molecule has 1 heterocycles. The Morgan fingerprint density at radius 2 is 1.80 bits per heavy atom. The van der Waals surface area contributed by atoms with Crippen molar-refractivity contribution in [3.8, 4) is 0 Å². The van der Waals surface area contributed by atoms with E-state index in [2.05, 4.69) is 79.0 Å². The highest BCUT2D eigenvalue weighted by Gasteiger charge is 2.27. The monoisotopic (exact) mass is 338 g/mol. The second-order valence-corrected chi connectivity index (χ2v) is 8.10. The summed E-state index contributed by atoms with van der Waals surface area (Å²) >= 11 is 3.75. The van der Waals surface area contributed by atoms with E-state index in [9.17, 15) is 0 Å². The molecule has 1 N–H and O–H groups in total. The zero-order valence-corrected chi connectivity index (χ0v) is 14.9. The SMILES string of the molecule is CC1CN(c2ccc(CNC(C)(C)C)cc2Br)CC1C. The average molecular weight is 339 g/mol. The molecule has 1 aliphatic heterocycles. The van der Waals surface area contributed by atoms with E-state index < -0.39 is 0 Å². The van der Waals surface area contributed by atoms with Crippen LogP contribution in [0.25, 0.3) is 0 Å². The van der Waals surface area contributed by atoms with Crippen molar-refractivity contribution >= 4 is 21.6 Å². The lowest BCUT2D eigenvalue weighted by Crippen LogP contribution is -2.35. The van der Waals surface area contributed by atoms with E-state index in [4.69, 9.17) is 0 Å². The molecule has 1 aliphatic rings. The molecule has 0 spiro atoms. The number of rotatable bonds is 3. The van der Waals surface area contributed by atoms with Gasteiger partial charge in [-0.25, -0.2) is 0 Å². The first-order valence-corrected chi connectivity index (χ1v) is 8.34. The molecule has 0 bridgehead atoms. The Balaban J connectivity index is 2.07. The number of halogens is 1. The van der Waals surface area contributed by atoms with Crippen molar-refractivity contribution in [2.24, 2.45) is 11.8 Å². The molecule has 112 valence electrons. The van der Waals surface area contributed by atoms with E-state index in [1.807, 2.05) is 0 Å². The van der Waals surface area contributed by atoms with Crippen LogP contribution in [0.5, 0.6) is 0 Å². The Kier molecular flexibility index (Phi) is 4.80. The molecule has 1 aromatic rings. The van der Waals surface area contributed by atoms with Crippen LogP contribution in [-0.2, 0) is 6.54 Å². The van der Waals surface area contributed by atoms with Crippen molar-refractivity contribution in [2.75, 3.05) is 18.0 Å². The van der Waals surface area contributed by atoms with Gasteiger partial charge in [0.1, 0.15) is 0 Å². The number of anilines is 1. The van der Waals surface area contributed by atoms with Crippen molar-refractivity contribution in [1.82, 2.24) is 5.32 Å². The first-order valence-electron chi connectivity index (χ1n) is 7.54. The average Bonchev–Trinajstić information content (AvgIpc) is 2.66. The molecular formula is C17H27BrN2. The minimum absolute atomic E-state index is 0.158. The van der Waals surface area contributed by atoms with Crippen LogP contribution in [0.1, 0.15) is 40.2 Å². The fraction of sp³-hybridized carbons (Fsp3) is 0.647. The van der Waals surface area contributed by atoms with Gasteiger partial charge in [-0.1, -0.05) is 19.9 Å². The van der Waals surface area contributed by atoms with Crippen LogP contribution in [0.2, 0.25) is 0 Å². The predicted molar refractivity (Wildman–Crippen MR) is 91.3 cm³/mol. The molecule has 0 radical (unpaired) electrons. The second-order valence-electron chi connectivity index (χ2n) is 7.25. The van der Waals surface area contributed by atoms with Gasteiger partial charge in [0.25, 0.3) is 0 Å². The number of hydrogen-bond donors (Lipinski definition) is 1. The summed E-state index contributed by atoms with van der Waals surface area (Å²) in [6, 6.07) is 6.75. The summed E-state index contributed by atoms with van der Waals surface area (Å²) in [6.45, 7) is 14.5. The van der Waals surface area contributed by atoms with E-state index in [-0.39, 0.29) is 5.54 Å². The molecule has 2 unspecified atom stereocenters. The zero-order valence-electron chi connectivity index (χ0n) is 13.3. The normalized spacial score (nSPS) is 23.4. The van der Waals surface area contributed by atoms with Gasteiger partial charge in [0.05, 0.1) is 5.69 Å². The lowest BCUT2D eigenvalue weighted by atomic mass is 10.0. The summed E-state index contributed by atoms with van der Waals surface area (Å²) in [6.07, 6.45) is 0. The molecule has 0 aliphatic carbocycles. The minimum Gasteiger partial charge on any atom is -0.370 e. The molecule has 20 heavy (non-hydrogen) atoms. The van der Waals surface area contributed by atoms with Gasteiger partial charge < -0.3 is 10.2 Å². The molecule has 3 heteroatoms. The minimum atomic E-state index is 0.158. The molecule has 0 saturated carbocycles. The zero-order chi connectivity index (χ0) is 14.9. The van der Waals surface area contributed by atoms with Crippen molar-refractivity contribution in [2.45, 2.75) is 46.7 Å². The summed E-state index contributed by atoms with van der Waals surface area (Å²) < 4.78 is 1.21. The third-order valence-electron chi connectivity index (χ3n) is 4.16. The van der Waals surface area contributed by atoms with Crippen LogP contribution in [0.15, 0.2) is 22.7 Å². The summed E-state index contributed by atoms with van der Waals surface area (Å²) in [5.74, 6) is 1.56. The predicted octanol–water partition coefficient (Wildman–Crippen LogP) is 4.43. The van der Waals surface area contributed by atoms with Gasteiger partial charge in [-0.3, -0.25) is 0 Å². The Hall–Kier alpha value is -0.540. The van der Waals surface area contributed by atoms with Crippen LogP contribution in [0.3, 0.4) is 0 Å². The van der Waals surface area contributed by atoms with Gasteiger partial charge in [0, 0.05) is 29.6 Å². The van der Waals surface area contributed by atoms with Gasteiger partial charge in [0.2, 0.25) is 0 Å². The number of hydrogen-bond acceptors (Lipinski definition) is 2. The van der Waals surface area contributed by atoms with Crippen molar-refractivity contribution in [3.05, 3.63) is 28.2 Å². The van der Waals surface area contributed by atoms with E-state index in [0.717, 1.165) is 18.4 Å². The second kappa shape index (κ2) is 6.07. The van der Waals surface area contributed by atoms with Crippen LogP contribution >= 0.6 is 15.9 Å². The van der Waals surface area contributed by atoms with Gasteiger partial charge in [-0.15, -0.1) is 0 Å². The van der Waals surface area contributed by atoms with Crippen molar-refractivity contribution in [3.63, 3.8) is 0 Å². The molecule has 2 rings (SSSR count). The lowest BCUT2D eigenvalue weighted by molar-refractivity contribution is 0.424. The van der Waals surface area contributed by atoms with Gasteiger partial charge in [-0.05, 0) is 66.2 Å². The van der Waals surface area contributed by atoms with Crippen LogP contribution < -0.4 is 10.2 Å². The molecule has 1 aromatic carbocycles. The van der Waals surface area contributed by atoms with Crippen LogP contribution in [0.4, 0.5) is 5.69 Å². The van der Waals surface area contributed by atoms with E-state index >= 15 is 0 Å². The first kappa shape index (κ1) is 15.8. The molecule has 1 fully saturated rings. The third-order valence-corrected chi connectivity index (χ3v) is 4.80. The highest BCUT2D eigenvalue weighted by molar-refractivity contribution is 9.10. The van der Waals surface area contributed by atoms with Gasteiger partial charge in [0.15, 0.2) is 0 Å². The molecule has 0 amide bonds. The summed E-state index contributed by atoms with van der Waals surface area (Å²) in [4.78, 5) is 2.50. The van der Waals surface area contributed by atoms with Gasteiger partial charge >= 0.3 is 0 Å². The van der Waals surface area contributed by atoms with Gasteiger partial charge in [-0.2, -0.15) is 0 Å². The standard InChI is InChI=1S/C17H27BrN2/c1-12-10-20(11-13(12)2)16-7-6-14(8-15(16)18)9-19-17(3,4)5/h6-8,12-13,19H,9-11H2,1-5H3. The number of nitrogens with one attached hydrogen (secondary N) is 1. The fourth-order valence-corrected chi connectivity index (χ4v) is 3.29. The molecule has 2 atom stereocenters. The maximum Gasteiger partial charge on any atom is 0.0511 e. The Bertz CT molecular complexity index is 455. The Labute approximate surface area is 132 Å². The summed E-state index contributed by atoms with van der Waals surface area (Å²) in [5, 5.41) is 3.53.